The number of aliphatic hydroxyl groups is 1. The van der Waals surface area contributed by atoms with Crippen molar-refractivity contribution in [1.29, 1.82) is 0 Å². The molecule has 0 saturated carbocycles. The summed E-state index contributed by atoms with van der Waals surface area (Å²) in [7, 11) is -1.64. The second kappa shape index (κ2) is 5.58. The third-order valence-electron chi connectivity index (χ3n) is 3.40. The maximum Gasteiger partial charge on any atom is 0.260 e. The summed E-state index contributed by atoms with van der Waals surface area (Å²) in [5.41, 5.74) is 0.310. The Balaban J connectivity index is 2.33. The van der Waals surface area contributed by atoms with Gasteiger partial charge in [-0.15, -0.1) is 0 Å². The number of nitrogens with zero attached hydrogens (tertiary/aromatic N) is 3. The lowest BCUT2D eigenvalue weighted by molar-refractivity contribution is 0.275. The second-order valence-electron chi connectivity index (χ2n) is 4.96. The summed E-state index contributed by atoms with van der Waals surface area (Å²) in [5.74, 6) is 0. The fourth-order valence-electron chi connectivity index (χ4n) is 2.46. The van der Waals surface area contributed by atoms with E-state index in [2.05, 4.69) is 15.1 Å². The van der Waals surface area contributed by atoms with Crippen LogP contribution < -0.4 is 0 Å². The molecule has 1 unspecified atom stereocenters. The topological polar surface area (TPSA) is 89.5 Å². The third kappa shape index (κ3) is 2.81. The molecule has 0 spiro atoms. The minimum atomic E-state index is -3.63. The Labute approximate surface area is 113 Å². The molecular weight excluding hydrogens is 268 g/mol. The van der Waals surface area contributed by atoms with Crippen molar-refractivity contribution in [3.05, 3.63) is 11.8 Å². The molecule has 0 aromatic carbocycles. The molecule has 108 valence electrons. The zero-order chi connectivity index (χ0) is 14.0. The summed E-state index contributed by atoms with van der Waals surface area (Å²) >= 11 is 0. The highest BCUT2D eigenvalue weighted by atomic mass is 32.2. The second-order valence-corrected chi connectivity index (χ2v) is 6.79. The molecule has 8 heteroatoms. The van der Waals surface area contributed by atoms with E-state index in [9.17, 15) is 13.5 Å². The molecule has 7 nitrogen and oxygen atoms in total. The van der Waals surface area contributed by atoms with Crippen LogP contribution in [0.25, 0.3) is 0 Å². The van der Waals surface area contributed by atoms with Crippen LogP contribution in [-0.4, -0.2) is 65.7 Å². The summed E-state index contributed by atoms with van der Waals surface area (Å²) in [6.45, 7) is 3.62. The van der Waals surface area contributed by atoms with Crippen LogP contribution in [0, 0.1) is 0 Å². The molecule has 2 N–H and O–H groups in total. The van der Waals surface area contributed by atoms with Gasteiger partial charge in [0, 0.05) is 24.7 Å². The zero-order valence-electron chi connectivity index (χ0n) is 11.2. The van der Waals surface area contributed by atoms with Crippen molar-refractivity contribution in [3.8, 4) is 0 Å². The smallest absolute Gasteiger partial charge is 0.260 e. The first-order valence-corrected chi connectivity index (χ1v) is 7.74. The molecule has 1 atom stereocenters. The Morgan fingerprint density at radius 1 is 1.53 bits per heavy atom. The lowest BCUT2D eigenvalue weighted by atomic mass is 10.3. The number of sulfonamides is 1. The highest BCUT2D eigenvalue weighted by Gasteiger charge is 2.33. The van der Waals surface area contributed by atoms with Gasteiger partial charge in [0.25, 0.3) is 10.0 Å². The van der Waals surface area contributed by atoms with Crippen molar-refractivity contribution in [2.45, 2.75) is 31.0 Å². The van der Waals surface area contributed by atoms with Crippen LogP contribution in [0.15, 0.2) is 11.2 Å². The molecule has 1 fully saturated rings. The fourth-order valence-corrected chi connectivity index (χ4v) is 4.22. The molecule has 1 aliphatic heterocycles. The molecule has 0 radical (unpaired) electrons. The maximum atomic E-state index is 12.6. The highest BCUT2D eigenvalue weighted by Crippen LogP contribution is 2.22. The Morgan fingerprint density at radius 3 is 2.95 bits per heavy atom. The Bertz CT molecular complexity index is 528. The van der Waals surface area contributed by atoms with Crippen LogP contribution in [0.2, 0.25) is 0 Å². The average Bonchev–Trinajstić information content (AvgIpc) is 2.76. The summed E-state index contributed by atoms with van der Waals surface area (Å²) in [6, 6.07) is -0.104. The minimum absolute atomic E-state index is 0.00593. The van der Waals surface area contributed by atoms with Crippen LogP contribution in [0.4, 0.5) is 0 Å². The van der Waals surface area contributed by atoms with Crippen molar-refractivity contribution in [2.75, 3.05) is 26.7 Å². The van der Waals surface area contributed by atoms with Gasteiger partial charge >= 0.3 is 0 Å². The van der Waals surface area contributed by atoms with Crippen molar-refractivity contribution >= 4 is 10.0 Å². The largest absolute Gasteiger partial charge is 0.392 e. The number of aromatic nitrogens is 2. The zero-order valence-corrected chi connectivity index (χ0v) is 12.0. The molecule has 1 aromatic heterocycles. The van der Waals surface area contributed by atoms with Crippen molar-refractivity contribution in [3.63, 3.8) is 0 Å². The highest BCUT2D eigenvalue weighted by molar-refractivity contribution is 7.89. The molecule has 1 saturated heterocycles. The van der Waals surface area contributed by atoms with Gasteiger partial charge in [-0.3, -0.25) is 5.10 Å². The van der Waals surface area contributed by atoms with Crippen molar-refractivity contribution < 1.29 is 13.5 Å². The molecule has 0 amide bonds. The summed E-state index contributed by atoms with van der Waals surface area (Å²) in [4.78, 5) is 2.13. The van der Waals surface area contributed by atoms with Gasteiger partial charge < -0.3 is 10.0 Å². The molecule has 2 heterocycles. The molecule has 1 aromatic rings. The summed E-state index contributed by atoms with van der Waals surface area (Å²) in [5, 5.41) is 15.4. The first-order valence-electron chi connectivity index (χ1n) is 6.30. The van der Waals surface area contributed by atoms with Gasteiger partial charge in [0.2, 0.25) is 0 Å². The Hall–Kier alpha value is -0.960. The van der Waals surface area contributed by atoms with E-state index in [4.69, 9.17) is 0 Å². The van der Waals surface area contributed by atoms with Gasteiger partial charge in [0.1, 0.15) is 0 Å². The molecule has 19 heavy (non-hydrogen) atoms. The minimum Gasteiger partial charge on any atom is -0.392 e. The van der Waals surface area contributed by atoms with E-state index in [0.29, 0.717) is 18.7 Å². The molecule has 0 bridgehead atoms. The number of rotatable bonds is 3. The average molecular weight is 288 g/mol. The predicted molar refractivity (Wildman–Crippen MR) is 70.0 cm³/mol. The van der Waals surface area contributed by atoms with Crippen molar-refractivity contribution in [2.24, 2.45) is 0 Å². The normalized spacial score (nSPS) is 23.4. The fraction of sp³-hybridized carbons (Fsp3) is 0.727. The van der Waals surface area contributed by atoms with Gasteiger partial charge in [-0.2, -0.15) is 9.40 Å². The van der Waals surface area contributed by atoms with Crippen LogP contribution in [-0.2, 0) is 16.6 Å². The number of H-pyrrole nitrogens is 1. The van der Waals surface area contributed by atoms with E-state index in [1.165, 1.54) is 10.5 Å². The Kier molecular flexibility index (Phi) is 4.24. The van der Waals surface area contributed by atoms with Gasteiger partial charge in [-0.05, 0) is 26.9 Å². The molecule has 0 aliphatic carbocycles. The van der Waals surface area contributed by atoms with Gasteiger partial charge in [-0.1, -0.05) is 0 Å². The Morgan fingerprint density at radius 2 is 2.26 bits per heavy atom. The van der Waals surface area contributed by atoms with E-state index < -0.39 is 10.0 Å². The molecule has 1 aliphatic rings. The number of aromatic amines is 1. The molecule has 2 rings (SSSR count). The number of hydrogen-bond acceptors (Lipinski definition) is 5. The first-order chi connectivity index (χ1) is 8.96. The third-order valence-corrected chi connectivity index (χ3v) is 5.43. The lowest BCUT2D eigenvalue weighted by Gasteiger charge is -2.26. The first kappa shape index (κ1) is 14.4. The van der Waals surface area contributed by atoms with E-state index in [-0.39, 0.29) is 17.7 Å². The quantitative estimate of drug-likeness (QED) is 0.791. The van der Waals surface area contributed by atoms with Gasteiger partial charge in [-0.25, -0.2) is 8.42 Å². The van der Waals surface area contributed by atoms with Gasteiger partial charge in [0.05, 0.1) is 12.8 Å². The lowest BCUT2D eigenvalue weighted by Crippen LogP contribution is -2.42. The van der Waals surface area contributed by atoms with E-state index >= 15 is 0 Å². The number of likely N-dealkylation sites (N-methyl/N-ethyl adjacent to an activating group) is 1. The summed E-state index contributed by atoms with van der Waals surface area (Å²) in [6.07, 6.45) is 2.14. The van der Waals surface area contributed by atoms with Gasteiger partial charge in [0.15, 0.2) is 5.03 Å². The number of aliphatic hydroxyl groups excluding tert-OH is 1. The van der Waals surface area contributed by atoms with Crippen LogP contribution in [0.5, 0.6) is 0 Å². The SMILES string of the molecule is CC1CN(C)CCCN1S(=O)(=O)c1[nH]ncc1CO. The summed E-state index contributed by atoms with van der Waals surface area (Å²) < 4.78 is 26.7. The molecular formula is C11H20N4O3S. The monoisotopic (exact) mass is 288 g/mol. The number of hydrogen-bond donors (Lipinski definition) is 2. The number of nitrogens with one attached hydrogen (secondary N) is 1. The van der Waals surface area contributed by atoms with E-state index in [1.54, 1.807) is 0 Å². The van der Waals surface area contributed by atoms with E-state index in [0.717, 1.165) is 13.0 Å². The van der Waals surface area contributed by atoms with Crippen LogP contribution >= 0.6 is 0 Å². The van der Waals surface area contributed by atoms with E-state index in [1.807, 2.05) is 14.0 Å². The maximum absolute atomic E-state index is 12.6. The predicted octanol–water partition coefficient (Wildman–Crippen LogP) is -0.383. The van der Waals surface area contributed by atoms with Crippen molar-refractivity contribution in [1.82, 2.24) is 19.4 Å². The van der Waals surface area contributed by atoms with Crippen LogP contribution in [0.1, 0.15) is 18.9 Å². The standard InChI is InChI=1S/C11H20N4O3S/c1-9-7-14(2)4-3-5-15(9)19(17,18)11-10(8-16)6-12-13-11/h6,9,16H,3-5,7-8H2,1-2H3,(H,12,13). The van der Waals surface area contributed by atoms with Crippen LogP contribution in [0.3, 0.4) is 0 Å².